The molecule has 0 spiro atoms. The van der Waals surface area contributed by atoms with Gasteiger partial charge in [0.1, 0.15) is 40.1 Å². The molecule has 260 valence electrons. The van der Waals surface area contributed by atoms with Crippen molar-refractivity contribution in [2.24, 2.45) is 22.7 Å². The average Bonchev–Trinajstić information content (AvgIpc) is 3.12. The summed E-state index contributed by atoms with van der Waals surface area (Å²) in [6.07, 6.45) is 2.27. The number of ether oxygens (including phenoxy) is 5. The van der Waals surface area contributed by atoms with Crippen LogP contribution in [0.3, 0.4) is 0 Å². The maximum Gasteiger partial charge on any atom is 0.345 e. The second-order valence-electron chi connectivity index (χ2n) is 14.7. The van der Waals surface area contributed by atoms with Crippen LogP contribution in [0.5, 0.6) is 11.5 Å². The Balaban J connectivity index is 1.22. The number of hydrogen-bond acceptors (Lipinski definition) is 10. The molecule has 0 bridgehead atoms. The summed E-state index contributed by atoms with van der Waals surface area (Å²) in [5.41, 5.74) is -1.13. The molecule has 0 unspecified atom stereocenters. The number of nitrogens with zero attached hydrogens (tertiary/aromatic N) is 1. The number of aromatic nitrogens is 1. The van der Waals surface area contributed by atoms with Crippen LogP contribution in [0.1, 0.15) is 73.9 Å². The third-order valence-corrected chi connectivity index (χ3v) is 12.0. The molecule has 9 atom stereocenters. The molecule has 2 aromatic heterocycles. The van der Waals surface area contributed by atoms with E-state index in [1.807, 2.05) is 37.3 Å². The number of carbonyl (C=O) groups is 1. The average molecular weight is 680 g/mol. The molecular weight excluding hydrogens is 638 g/mol. The minimum absolute atomic E-state index is 0.0596. The molecule has 4 aliphatic rings. The highest BCUT2D eigenvalue weighted by Gasteiger charge is 2.71. The molecule has 2 aromatic carbocycles. The van der Waals surface area contributed by atoms with Crippen molar-refractivity contribution in [2.45, 2.75) is 70.2 Å². The quantitative estimate of drug-likeness (QED) is 0.228. The van der Waals surface area contributed by atoms with Gasteiger partial charge in [-0.3, -0.25) is 4.98 Å². The number of para-hydroxylation sites is 1. The lowest BCUT2D eigenvalue weighted by molar-refractivity contribution is -0.330. The van der Waals surface area contributed by atoms with Crippen LogP contribution in [-0.4, -0.2) is 47.6 Å². The van der Waals surface area contributed by atoms with Crippen LogP contribution in [0.25, 0.3) is 11.3 Å². The van der Waals surface area contributed by atoms with Crippen molar-refractivity contribution in [3.63, 3.8) is 0 Å². The first-order valence-electron chi connectivity index (χ1n) is 17.2. The Kier molecular flexibility index (Phi) is 7.89. The summed E-state index contributed by atoms with van der Waals surface area (Å²) in [5, 5.41) is 12.4. The fraction of sp³-hybridized carbons (Fsp3) is 0.425. The molecule has 0 radical (unpaired) electrons. The Hall–Kier alpha value is -4.51. The van der Waals surface area contributed by atoms with E-state index in [1.54, 1.807) is 54.9 Å². The number of fused-ring (bicyclic) bond motifs is 6. The molecule has 4 aromatic rings. The zero-order valence-corrected chi connectivity index (χ0v) is 28.5. The largest absolute Gasteiger partial charge is 0.496 e. The number of carbonyl (C=O) groups excluding carboxylic acids is 1. The van der Waals surface area contributed by atoms with E-state index in [0.717, 1.165) is 5.56 Å². The van der Waals surface area contributed by atoms with E-state index in [2.05, 4.69) is 18.8 Å². The van der Waals surface area contributed by atoms with Crippen LogP contribution in [0, 0.1) is 22.7 Å². The smallest absolute Gasteiger partial charge is 0.345 e. The van der Waals surface area contributed by atoms with Gasteiger partial charge in [0.2, 0.25) is 0 Å². The molecule has 4 heterocycles. The van der Waals surface area contributed by atoms with Crippen LogP contribution in [-0.2, 0) is 14.2 Å². The highest BCUT2D eigenvalue weighted by atomic mass is 16.7. The predicted molar refractivity (Wildman–Crippen MR) is 181 cm³/mol. The summed E-state index contributed by atoms with van der Waals surface area (Å²) in [6.45, 7) is 6.61. The van der Waals surface area contributed by atoms with Crippen molar-refractivity contribution in [3.05, 3.63) is 112 Å². The normalized spacial score (nSPS) is 34.2. The van der Waals surface area contributed by atoms with E-state index >= 15 is 0 Å². The first kappa shape index (κ1) is 32.7. The molecular formula is C40H41NO9. The Bertz CT molecular complexity index is 1970. The molecule has 1 N–H and O–H groups in total. The fourth-order valence-corrected chi connectivity index (χ4v) is 9.64. The van der Waals surface area contributed by atoms with E-state index in [9.17, 15) is 14.7 Å². The van der Waals surface area contributed by atoms with E-state index in [0.29, 0.717) is 37.2 Å². The maximum absolute atomic E-state index is 14.0. The number of aliphatic hydroxyl groups is 1. The minimum Gasteiger partial charge on any atom is -0.496 e. The van der Waals surface area contributed by atoms with Gasteiger partial charge in [-0.25, -0.2) is 9.59 Å². The molecule has 2 saturated carbocycles. The summed E-state index contributed by atoms with van der Waals surface area (Å²) in [5.74, 6) is -0.535. The van der Waals surface area contributed by atoms with Gasteiger partial charge >= 0.3 is 11.6 Å². The van der Waals surface area contributed by atoms with Crippen LogP contribution in [0.2, 0.25) is 0 Å². The lowest BCUT2D eigenvalue weighted by Gasteiger charge is -2.67. The van der Waals surface area contributed by atoms with Gasteiger partial charge in [0.05, 0.1) is 25.9 Å². The van der Waals surface area contributed by atoms with Gasteiger partial charge in [0.25, 0.3) is 0 Å². The molecule has 1 saturated heterocycles. The molecule has 3 fully saturated rings. The Morgan fingerprint density at radius 3 is 2.54 bits per heavy atom. The van der Waals surface area contributed by atoms with Crippen molar-refractivity contribution in [1.29, 1.82) is 0 Å². The summed E-state index contributed by atoms with van der Waals surface area (Å²) < 4.78 is 37.8. The Morgan fingerprint density at radius 2 is 1.78 bits per heavy atom. The zero-order valence-electron chi connectivity index (χ0n) is 28.5. The van der Waals surface area contributed by atoms with Crippen LogP contribution >= 0.6 is 0 Å². The summed E-state index contributed by atoms with van der Waals surface area (Å²) >= 11 is 0. The number of aliphatic hydroxyl groups excluding tert-OH is 1. The topological polar surface area (TPSA) is 127 Å². The van der Waals surface area contributed by atoms with Crippen molar-refractivity contribution in [1.82, 2.24) is 4.98 Å². The number of hydrogen-bond donors (Lipinski definition) is 1. The highest BCUT2D eigenvalue weighted by Crippen LogP contribution is 2.68. The van der Waals surface area contributed by atoms with Gasteiger partial charge in [-0.2, -0.15) is 0 Å². The van der Waals surface area contributed by atoms with Crippen molar-refractivity contribution < 1.29 is 38.0 Å². The van der Waals surface area contributed by atoms with Gasteiger partial charge in [0, 0.05) is 40.9 Å². The summed E-state index contributed by atoms with van der Waals surface area (Å²) in [6, 6.07) is 22.0. The second kappa shape index (κ2) is 12.1. The van der Waals surface area contributed by atoms with Crippen molar-refractivity contribution >= 4 is 5.97 Å². The lowest BCUT2D eigenvalue weighted by atomic mass is 9.42. The molecule has 2 aliphatic carbocycles. The molecule has 0 amide bonds. The van der Waals surface area contributed by atoms with Crippen molar-refractivity contribution in [2.75, 3.05) is 13.7 Å². The van der Waals surface area contributed by atoms with Crippen LogP contribution in [0.15, 0.2) is 94.4 Å². The molecule has 2 aliphatic heterocycles. The standard InChI is InChI=1S/C40H41NO9/c1-38-17-16-30-39(2,22-46-37(49-30)23-11-6-5-7-12-23)29(38)20-31(48-35(43)25-14-8-9-15-26(25)45-4)40(3)34(38)33(42)32-28(50-40)19-27(47-36(32)44)24-13-10-18-41-21-24/h5-15,18-19,21,29-31,33-34,37,42H,16-17,20,22H2,1-4H3/t29-,30+,31+,33+,34-,37-,38+,39+,40-/m1/s1. The van der Waals surface area contributed by atoms with Gasteiger partial charge in [-0.15, -0.1) is 0 Å². The van der Waals surface area contributed by atoms with Crippen LogP contribution in [0.4, 0.5) is 0 Å². The fourth-order valence-electron chi connectivity index (χ4n) is 9.64. The Labute approximate surface area is 290 Å². The maximum atomic E-state index is 14.0. The number of rotatable bonds is 5. The van der Waals surface area contributed by atoms with E-state index in [-0.39, 0.29) is 34.7 Å². The van der Waals surface area contributed by atoms with E-state index in [1.165, 1.54) is 7.11 Å². The minimum atomic E-state index is -1.27. The second-order valence-corrected chi connectivity index (χ2v) is 14.7. The van der Waals surface area contributed by atoms with E-state index in [4.69, 9.17) is 28.1 Å². The molecule has 10 nitrogen and oxygen atoms in total. The van der Waals surface area contributed by atoms with Crippen LogP contribution < -0.4 is 15.1 Å². The van der Waals surface area contributed by atoms with E-state index < -0.39 is 52.4 Å². The Morgan fingerprint density at radius 1 is 1.00 bits per heavy atom. The third-order valence-electron chi connectivity index (χ3n) is 12.0. The van der Waals surface area contributed by atoms with Crippen molar-refractivity contribution in [3.8, 4) is 22.8 Å². The molecule has 10 heteroatoms. The number of methoxy groups -OCH3 is 1. The van der Waals surface area contributed by atoms with Gasteiger partial charge in [-0.05, 0) is 61.8 Å². The monoisotopic (exact) mass is 679 g/mol. The SMILES string of the molecule is COc1ccccc1C(=O)O[C@H]1C[C@H]2[C@]3(C)CO[C@@H](c4ccccc4)O[C@H]3CC[C@]2(C)[C@H]2[C@@H](O)c3c(cc(-c4cccnc4)oc3=O)O[C@]12C. The highest BCUT2D eigenvalue weighted by molar-refractivity contribution is 5.92. The lowest BCUT2D eigenvalue weighted by Crippen LogP contribution is -2.71. The number of pyridine rings is 1. The van der Waals surface area contributed by atoms with Gasteiger partial charge in [-0.1, -0.05) is 56.3 Å². The first-order valence-corrected chi connectivity index (χ1v) is 17.2. The summed E-state index contributed by atoms with van der Waals surface area (Å²) in [4.78, 5) is 31.9. The first-order chi connectivity index (χ1) is 24.1. The van der Waals surface area contributed by atoms with Gasteiger partial charge in [0.15, 0.2) is 6.29 Å². The summed E-state index contributed by atoms with van der Waals surface area (Å²) in [7, 11) is 1.51. The third kappa shape index (κ3) is 4.99. The number of esters is 1. The number of benzene rings is 2. The predicted octanol–water partition coefficient (Wildman–Crippen LogP) is 6.68. The van der Waals surface area contributed by atoms with Gasteiger partial charge < -0.3 is 33.2 Å². The zero-order chi connectivity index (χ0) is 34.8. The molecule has 50 heavy (non-hydrogen) atoms. The molecule has 8 rings (SSSR count).